The standard InChI is InChI=1S/C12H11N3OS/c1-2-3-5-15-12(16)11-10(13)8-4-6-14-7-9(8)17-11/h1,4,6-7H,3,5,13H2,(H,15,16). The van der Waals surface area contributed by atoms with Crippen LogP contribution in [0.1, 0.15) is 16.1 Å². The highest BCUT2D eigenvalue weighted by molar-refractivity contribution is 7.21. The third kappa shape index (κ3) is 2.22. The van der Waals surface area contributed by atoms with Gasteiger partial charge in [-0.1, -0.05) is 0 Å². The Morgan fingerprint density at radius 3 is 3.18 bits per heavy atom. The molecule has 0 aliphatic heterocycles. The zero-order valence-corrected chi connectivity index (χ0v) is 9.88. The third-order valence-electron chi connectivity index (χ3n) is 2.29. The number of nitrogens with one attached hydrogen (secondary N) is 1. The maximum atomic E-state index is 11.8. The van der Waals surface area contributed by atoms with Gasteiger partial charge in [-0.05, 0) is 6.07 Å². The van der Waals surface area contributed by atoms with Gasteiger partial charge in [0, 0.05) is 30.7 Å². The van der Waals surface area contributed by atoms with Gasteiger partial charge < -0.3 is 11.1 Å². The number of terminal acetylenes is 1. The number of carbonyl (C=O) groups is 1. The Balaban J connectivity index is 2.27. The summed E-state index contributed by atoms with van der Waals surface area (Å²) >= 11 is 1.34. The van der Waals surface area contributed by atoms with Gasteiger partial charge >= 0.3 is 0 Å². The molecular weight excluding hydrogens is 234 g/mol. The lowest BCUT2D eigenvalue weighted by atomic mass is 10.2. The summed E-state index contributed by atoms with van der Waals surface area (Å²) in [6, 6.07) is 1.80. The van der Waals surface area contributed by atoms with Gasteiger partial charge in [0.05, 0.1) is 10.4 Å². The van der Waals surface area contributed by atoms with Crippen molar-refractivity contribution >= 4 is 33.0 Å². The van der Waals surface area contributed by atoms with E-state index in [2.05, 4.69) is 16.2 Å². The van der Waals surface area contributed by atoms with Crippen LogP contribution in [0.15, 0.2) is 18.5 Å². The van der Waals surface area contributed by atoms with Gasteiger partial charge in [-0.2, -0.15) is 0 Å². The van der Waals surface area contributed by atoms with Gasteiger partial charge in [-0.25, -0.2) is 0 Å². The number of nitrogen functional groups attached to an aromatic ring is 1. The van der Waals surface area contributed by atoms with Crippen LogP contribution in [0.3, 0.4) is 0 Å². The van der Waals surface area contributed by atoms with E-state index in [9.17, 15) is 4.79 Å². The fraction of sp³-hybridized carbons (Fsp3) is 0.167. The van der Waals surface area contributed by atoms with Crippen molar-refractivity contribution in [2.75, 3.05) is 12.3 Å². The minimum Gasteiger partial charge on any atom is -0.397 e. The van der Waals surface area contributed by atoms with E-state index in [-0.39, 0.29) is 5.91 Å². The number of nitrogens with zero attached hydrogens (tertiary/aromatic N) is 1. The van der Waals surface area contributed by atoms with Gasteiger partial charge in [-0.3, -0.25) is 9.78 Å². The second kappa shape index (κ2) is 4.85. The molecule has 0 saturated carbocycles. The van der Waals surface area contributed by atoms with Crippen molar-refractivity contribution in [1.29, 1.82) is 0 Å². The smallest absolute Gasteiger partial charge is 0.263 e. The number of anilines is 1. The molecule has 0 radical (unpaired) electrons. The maximum Gasteiger partial charge on any atom is 0.263 e. The first-order chi connectivity index (χ1) is 8.24. The average Bonchev–Trinajstić information content (AvgIpc) is 2.68. The van der Waals surface area contributed by atoms with Crippen LogP contribution in [0.4, 0.5) is 5.69 Å². The molecule has 1 amide bonds. The lowest BCUT2D eigenvalue weighted by Gasteiger charge is -2.01. The number of hydrogen-bond donors (Lipinski definition) is 2. The molecule has 0 aromatic carbocycles. The van der Waals surface area contributed by atoms with E-state index in [1.165, 1.54) is 11.3 Å². The van der Waals surface area contributed by atoms with E-state index in [0.29, 0.717) is 23.5 Å². The molecule has 0 aliphatic rings. The second-order valence-electron chi connectivity index (χ2n) is 3.43. The Morgan fingerprint density at radius 2 is 2.47 bits per heavy atom. The molecule has 0 bridgehead atoms. The third-order valence-corrected chi connectivity index (χ3v) is 3.45. The van der Waals surface area contributed by atoms with Gasteiger partial charge in [0.25, 0.3) is 5.91 Å². The number of thiophene rings is 1. The molecule has 2 aromatic heterocycles. The van der Waals surface area contributed by atoms with Crippen molar-refractivity contribution in [3.63, 3.8) is 0 Å². The Morgan fingerprint density at radius 1 is 1.65 bits per heavy atom. The Kier molecular flexibility index (Phi) is 3.26. The summed E-state index contributed by atoms with van der Waals surface area (Å²) in [6.45, 7) is 0.460. The topological polar surface area (TPSA) is 68.0 Å². The number of carbonyl (C=O) groups excluding carboxylic acids is 1. The van der Waals surface area contributed by atoms with E-state index < -0.39 is 0 Å². The number of aromatic nitrogens is 1. The van der Waals surface area contributed by atoms with Crippen LogP contribution < -0.4 is 11.1 Å². The molecule has 2 rings (SSSR count). The fourth-order valence-electron chi connectivity index (χ4n) is 1.47. The molecule has 2 heterocycles. The molecule has 0 atom stereocenters. The Bertz CT molecular complexity index is 597. The van der Waals surface area contributed by atoms with E-state index in [1.807, 2.05) is 0 Å². The molecule has 0 spiro atoms. The molecule has 0 fully saturated rings. The Labute approximate surface area is 103 Å². The average molecular weight is 245 g/mol. The normalized spacial score (nSPS) is 10.1. The summed E-state index contributed by atoms with van der Waals surface area (Å²) in [5.41, 5.74) is 6.43. The highest BCUT2D eigenvalue weighted by Gasteiger charge is 2.15. The van der Waals surface area contributed by atoms with Crippen LogP contribution in [0.25, 0.3) is 10.1 Å². The minimum atomic E-state index is -0.182. The molecule has 17 heavy (non-hydrogen) atoms. The van der Waals surface area contributed by atoms with Gasteiger partial charge in [-0.15, -0.1) is 23.7 Å². The molecule has 4 nitrogen and oxygen atoms in total. The minimum absolute atomic E-state index is 0.182. The number of rotatable bonds is 3. The number of fused-ring (bicyclic) bond motifs is 1. The summed E-state index contributed by atoms with van der Waals surface area (Å²) in [5, 5.41) is 3.60. The van der Waals surface area contributed by atoms with Crippen molar-refractivity contribution < 1.29 is 4.79 Å². The van der Waals surface area contributed by atoms with Gasteiger partial charge in [0.2, 0.25) is 0 Å². The molecule has 2 aromatic rings. The first-order valence-corrected chi connectivity index (χ1v) is 5.89. The van der Waals surface area contributed by atoms with Crippen LogP contribution in [0, 0.1) is 12.3 Å². The molecule has 0 unspecified atom stereocenters. The zero-order valence-electron chi connectivity index (χ0n) is 9.06. The number of pyridine rings is 1. The van der Waals surface area contributed by atoms with Crippen molar-refractivity contribution in [2.45, 2.75) is 6.42 Å². The quantitative estimate of drug-likeness (QED) is 0.638. The van der Waals surface area contributed by atoms with E-state index >= 15 is 0 Å². The number of nitrogens with two attached hydrogens (primary N) is 1. The predicted molar refractivity (Wildman–Crippen MR) is 69.8 cm³/mol. The molecule has 0 aliphatic carbocycles. The van der Waals surface area contributed by atoms with Crippen LogP contribution in [0.2, 0.25) is 0 Å². The summed E-state index contributed by atoms with van der Waals surface area (Å²) in [7, 11) is 0. The molecule has 5 heteroatoms. The van der Waals surface area contributed by atoms with Crippen molar-refractivity contribution in [3.8, 4) is 12.3 Å². The van der Waals surface area contributed by atoms with Gasteiger partial charge in [0.15, 0.2) is 0 Å². The van der Waals surface area contributed by atoms with Crippen LogP contribution >= 0.6 is 11.3 Å². The van der Waals surface area contributed by atoms with Gasteiger partial charge in [0.1, 0.15) is 4.88 Å². The van der Waals surface area contributed by atoms with Crippen molar-refractivity contribution in [2.24, 2.45) is 0 Å². The monoisotopic (exact) mass is 245 g/mol. The van der Waals surface area contributed by atoms with E-state index in [0.717, 1.165) is 10.1 Å². The lowest BCUT2D eigenvalue weighted by molar-refractivity contribution is 0.0959. The summed E-state index contributed by atoms with van der Waals surface area (Å²) in [4.78, 5) is 16.4. The largest absolute Gasteiger partial charge is 0.397 e. The summed E-state index contributed by atoms with van der Waals surface area (Å²) < 4.78 is 0.909. The van der Waals surface area contributed by atoms with E-state index in [4.69, 9.17) is 12.2 Å². The number of amides is 1. The summed E-state index contributed by atoms with van der Waals surface area (Å²) in [5.74, 6) is 2.28. The number of hydrogen-bond acceptors (Lipinski definition) is 4. The highest BCUT2D eigenvalue weighted by Crippen LogP contribution is 2.32. The first kappa shape index (κ1) is 11.4. The fourth-order valence-corrected chi connectivity index (χ4v) is 2.47. The van der Waals surface area contributed by atoms with Crippen molar-refractivity contribution in [3.05, 3.63) is 23.3 Å². The Hall–Kier alpha value is -2.06. The maximum absolute atomic E-state index is 11.8. The predicted octanol–water partition coefficient (Wildman–Crippen LogP) is 1.63. The lowest BCUT2D eigenvalue weighted by Crippen LogP contribution is -2.23. The molecule has 3 N–H and O–H groups in total. The molecule has 86 valence electrons. The first-order valence-electron chi connectivity index (χ1n) is 5.07. The SMILES string of the molecule is C#CCCNC(=O)c1sc2cnccc2c1N. The zero-order chi connectivity index (χ0) is 12.3. The summed E-state index contributed by atoms with van der Waals surface area (Å²) in [6.07, 6.45) is 8.99. The molecular formula is C12H11N3OS. The molecule has 0 saturated heterocycles. The van der Waals surface area contributed by atoms with Crippen LogP contribution in [-0.4, -0.2) is 17.4 Å². The van der Waals surface area contributed by atoms with E-state index in [1.54, 1.807) is 18.5 Å². The van der Waals surface area contributed by atoms with Crippen molar-refractivity contribution in [1.82, 2.24) is 10.3 Å². The van der Waals surface area contributed by atoms with Crippen LogP contribution in [-0.2, 0) is 0 Å². The van der Waals surface area contributed by atoms with Crippen LogP contribution in [0.5, 0.6) is 0 Å². The second-order valence-corrected chi connectivity index (χ2v) is 4.48. The highest BCUT2D eigenvalue weighted by atomic mass is 32.1.